The first-order valence-electron chi connectivity index (χ1n) is 5.23. The summed E-state index contributed by atoms with van der Waals surface area (Å²) in [6.07, 6.45) is 0. The first-order valence-corrected chi connectivity index (χ1v) is 5.23. The smallest absolute Gasteiger partial charge is 0.170 e. The fourth-order valence-electron chi connectivity index (χ4n) is 1.30. The number of nitrogens with zero attached hydrogens (tertiary/aromatic N) is 1. The highest BCUT2D eigenvalue weighted by Gasteiger charge is 2.04. The molecular weight excluding hydrogens is 222 g/mol. The van der Waals surface area contributed by atoms with Crippen molar-refractivity contribution in [2.24, 2.45) is 10.9 Å². The Bertz CT molecular complexity index is 361. The third-order valence-corrected chi connectivity index (χ3v) is 2.39. The molecule has 0 aromatic heterocycles. The fourth-order valence-corrected chi connectivity index (χ4v) is 1.30. The van der Waals surface area contributed by atoms with Gasteiger partial charge in [0.2, 0.25) is 0 Å². The van der Waals surface area contributed by atoms with E-state index in [2.05, 4.69) is 10.5 Å². The number of oxime groups is 1. The molecule has 0 fully saturated rings. The van der Waals surface area contributed by atoms with Crippen LogP contribution in [-0.2, 0) is 6.54 Å². The van der Waals surface area contributed by atoms with Gasteiger partial charge in [-0.25, -0.2) is 0 Å². The molecule has 0 bridgehead atoms. The fraction of sp³-hybridized carbons (Fsp3) is 0.364. The zero-order valence-corrected chi connectivity index (χ0v) is 9.37. The zero-order valence-electron chi connectivity index (χ0n) is 9.37. The molecule has 6 nitrogen and oxygen atoms in total. The van der Waals surface area contributed by atoms with E-state index in [1.807, 2.05) is 12.1 Å². The second-order valence-corrected chi connectivity index (χ2v) is 3.63. The SMILES string of the molecule is NC(=NO)c1ccc(CNC(CO)CO)cc1. The molecule has 1 aromatic carbocycles. The molecule has 0 saturated carbocycles. The third-order valence-electron chi connectivity index (χ3n) is 2.39. The summed E-state index contributed by atoms with van der Waals surface area (Å²) >= 11 is 0. The number of hydrogen-bond acceptors (Lipinski definition) is 5. The highest BCUT2D eigenvalue weighted by atomic mass is 16.4. The van der Waals surface area contributed by atoms with E-state index in [1.165, 1.54) is 0 Å². The normalized spacial score (nSPS) is 12.1. The standard InChI is InChI=1S/C11H17N3O3/c12-11(14-17)9-3-1-8(2-4-9)5-13-10(6-15)7-16/h1-4,10,13,15-17H,5-7H2,(H2,12,14). The molecule has 0 radical (unpaired) electrons. The van der Waals surface area contributed by atoms with Gasteiger partial charge in [0.25, 0.3) is 0 Å². The highest BCUT2D eigenvalue weighted by Crippen LogP contribution is 2.04. The van der Waals surface area contributed by atoms with Crippen molar-refractivity contribution in [3.63, 3.8) is 0 Å². The van der Waals surface area contributed by atoms with Crippen LogP contribution in [0.5, 0.6) is 0 Å². The van der Waals surface area contributed by atoms with Gasteiger partial charge in [-0.1, -0.05) is 29.4 Å². The molecule has 0 saturated heterocycles. The zero-order chi connectivity index (χ0) is 12.7. The maximum atomic E-state index is 8.87. The van der Waals surface area contributed by atoms with Crippen LogP contribution in [-0.4, -0.2) is 40.5 Å². The number of nitrogens with two attached hydrogens (primary N) is 1. The monoisotopic (exact) mass is 239 g/mol. The van der Waals surface area contributed by atoms with E-state index in [0.717, 1.165) is 5.56 Å². The Hall–Kier alpha value is -1.63. The van der Waals surface area contributed by atoms with Crippen molar-refractivity contribution < 1.29 is 15.4 Å². The molecule has 94 valence electrons. The lowest BCUT2D eigenvalue weighted by atomic mass is 10.1. The van der Waals surface area contributed by atoms with E-state index in [4.69, 9.17) is 21.2 Å². The molecule has 0 atom stereocenters. The summed E-state index contributed by atoms with van der Waals surface area (Å²) in [5.74, 6) is 0.0631. The molecule has 6 heteroatoms. The Labute approximate surface area is 99.4 Å². The third kappa shape index (κ3) is 4.03. The number of aliphatic hydroxyl groups excluding tert-OH is 2. The molecular formula is C11H17N3O3. The quantitative estimate of drug-likeness (QED) is 0.194. The maximum Gasteiger partial charge on any atom is 0.170 e. The first-order chi connectivity index (χ1) is 8.21. The van der Waals surface area contributed by atoms with E-state index in [-0.39, 0.29) is 25.1 Å². The van der Waals surface area contributed by atoms with Crippen LogP contribution in [0.15, 0.2) is 29.4 Å². The molecule has 0 unspecified atom stereocenters. The van der Waals surface area contributed by atoms with Crippen LogP contribution in [0.3, 0.4) is 0 Å². The molecule has 0 spiro atoms. The van der Waals surface area contributed by atoms with E-state index in [0.29, 0.717) is 12.1 Å². The minimum Gasteiger partial charge on any atom is -0.409 e. The largest absolute Gasteiger partial charge is 0.409 e. The van der Waals surface area contributed by atoms with Gasteiger partial charge in [0.05, 0.1) is 19.3 Å². The van der Waals surface area contributed by atoms with Crippen LogP contribution in [0.1, 0.15) is 11.1 Å². The van der Waals surface area contributed by atoms with Gasteiger partial charge in [-0.15, -0.1) is 0 Å². The highest BCUT2D eigenvalue weighted by molar-refractivity contribution is 5.96. The number of benzene rings is 1. The lowest BCUT2D eigenvalue weighted by molar-refractivity contribution is 0.170. The molecule has 0 aliphatic heterocycles. The summed E-state index contributed by atoms with van der Waals surface area (Å²) in [6.45, 7) is 0.305. The average molecular weight is 239 g/mol. The van der Waals surface area contributed by atoms with Gasteiger partial charge in [-0.3, -0.25) is 0 Å². The lowest BCUT2D eigenvalue weighted by Crippen LogP contribution is -2.35. The summed E-state index contributed by atoms with van der Waals surface area (Å²) in [6, 6.07) is 6.80. The Morgan fingerprint density at radius 1 is 1.24 bits per heavy atom. The molecule has 0 aliphatic rings. The molecule has 0 aliphatic carbocycles. The minimum absolute atomic E-state index is 0.0631. The van der Waals surface area contributed by atoms with Crippen molar-refractivity contribution in [2.45, 2.75) is 12.6 Å². The second kappa shape index (κ2) is 6.85. The summed E-state index contributed by atoms with van der Waals surface area (Å²) < 4.78 is 0. The predicted octanol–water partition coefficient (Wildman–Crippen LogP) is -0.776. The second-order valence-electron chi connectivity index (χ2n) is 3.63. The number of rotatable bonds is 6. The van der Waals surface area contributed by atoms with Crippen LogP contribution in [0.25, 0.3) is 0 Å². The number of aliphatic hydroxyl groups is 2. The van der Waals surface area contributed by atoms with Gasteiger partial charge in [0.15, 0.2) is 5.84 Å². The van der Waals surface area contributed by atoms with E-state index >= 15 is 0 Å². The number of amidine groups is 1. The van der Waals surface area contributed by atoms with Crippen LogP contribution < -0.4 is 11.1 Å². The maximum absolute atomic E-state index is 8.87. The molecule has 17 heavy (non-hydrogen) atoms. The van der Waals surface area contributed by atoms with Crippen LogP contribution in [0.2, 0.25) is 0 Å². The van der Waals surface area contributed by atoms with Gasteiger partial charge in [0, 0.05) is 12.1 Å². The van der Waals surface area contributed by atoms with Crippen LogP contribution in [0, 0.1) is 0 Å². The number of nitrogens with one attached hydrogen (secondary N) is 1. The van der Waals surface area contributed by atoms with E-state index in [1.54, 1.807) is 12.1 Å². The summed E-state index contributed by atoms with van der Waals surface area (Å²) in [5.41, 5.74) is 7.04. The van der Waals surface area contributed by atoms with E-state index < -0.39 is 0 Å². The van der Waals surface area contributed by atoms with Crippen molar-refractivity contribution in [3.8, 4) is 0 Å². The molecule has 0 amide bonds. The Morgan fingerprint density at radius 3 is 2.29 bits per heavy atom. The van der Waals surface area contributed by atoms with Crippen molar-refractivity contribution in [2.75, 3.05) is 13.2 Å². The van der Waals surface area contributed by atoms with Gasteiger partial charge in [-0.05, 0) is 5.56 Å². The van der Waals surface area contributed by atoms with Crippen molar-refractivity contribution in [1.82, 2.24) is 5.32 Å². The molecule has 6 N–H and O–H groups in total. The van der Waals surface area contributed by atoms with E-state index in [9.17, 15) is 0 Å². The summed E-state index contributed by atoms with van der Waals surface area (Å²) in [5, 5.41) is 32.1. The Kier molecular flexibility index (Phi) is 5.41. The van der Waals surface area contributed by atoms with Gasteiger partial charge < -0.3 is 26.5 Å². The van der Waals surface area contributed by atoms with Crippen molar-refractivity contribution in [3.05, 3.63) is 35.4 Å². The van der Waals surface area contributed by atoms with Crippen molar-refractivity contribution in [1.29, 1.82) is 0 Å². The van der Waals surface area contributed by atoms with Crippen LogP contribution in [0.4, 0.5) is 0 Å². The average Bonchev–Trinajstić information content (AvgIpc) is 2.39. The minimum atomic E-state index is -0.321. The lowest BCUT2D eigenvalue weighted by Gasteiger charge is -2.13. The Balaban J connectivity index is 2.57. The van der Waals surface area contributed by atoms with Crippen molar-refractivity contribution >= 4 is 5.84 Å². The topological polar surface area (TPSA) is 111 Å². The number of hydrogen-bond donors (Lipinski definition) is 5. The van der Waals surface area contributed by atoms with Gasteiger partial charge >= 0.3 is 0 Å². The van der Waals surface area contributed by atoms with Gasteiger partial charge in [0.1, 0.15) is 0 Å². The first kappa shape index (κ1) is 13.4. The van der Waals surface area contributed by atoms with Gasteiger partial charge in [-0.2, -0.15) is 0 Å². The molecule has 0 heterocycles. The summed E-state index contributed by atoms with van der Waals surface area (Å²) in [7, 11) is 0. The Morgan fingerprint density at radius 2 is 1.82 bits per heavy atom. The summed E-state index contributed by atoms with van der Waals surface area (Å²) in [4.78, 5) is 0. The van der Waals surface area contributed by atoms with Crippen LogP contribution >= 0.6 is 0 Å². The molecule has 1 rings (SSSR count). The molecule has 1 aromatic rings. The predicted molar refractivity (Wildman–Crippen MR) is 63.8 cm³/mol.